The Hall–Kier alpha value is -2.12. The van der Waals surface area contributed by atoms with Gasteiger partial charge in [-0.3, -0.25) is 4.79 Å². The summed E-state index contributed by atoms with van der Waals surface area (Å²) in [5, 5.41) is 2.82. The average molecular weight is 378 g/mol. The number of hydrogen-bond donors (Lipinski definition) is 2. The van der Waals surface area contributed by atoms with Crippen LogP contribution in [0.15, 0.2) is 52.0 Å². The molecule has 2 aromatic rings. The van der Waals surface area contributed by atoms with Gasteiger partial charge in [0.1, 0.15) is 5.76 Å². The van der Waals surface area contributed by atoms with E-state index in [-0.39, 0.29) is 17.2 Å². The lowest BCUT2D eigenvalue weighted by Crippen LogP contribution is -2.34. The monoisotopic (exact) mass is 378 g/mol. The van der Waals surface area contributed by atoms with Crippen LogP contribution >= 0.6 is 0 Å². The van der Waals surface area contributed by atoms with Crippen molar-refractivity contribution in [3.63, 3.8) is 0 Å². The van der Waals surface area contributed by atoms with Crippen molar-refractivity contribution in [2.24, 2.45) is 5.92 Å². The van der Waals surface area contributed by atoms with Crippen molar-refractivity contribution < 1.29 is 17.6 Å². The Morgan fingerprint density at radius 1 is 1.15 bits per heavy atom. The predicted molar refractivity (Wildman–Crippen MR) is 100 cm³/mol. The first-order valence-electron chi connectivity index (χ1n) is 8.67. The van der Waals surface area contributed by atoms with Gasteiger partial charge >= 0.3 is 0 Å². The van der Waals surface area contributed by atoms with Gasteiger partial charge in [-0.25, -0.2) is 8.42 Å². The number of carbonyl (C=O) groups is 1. The fraction of sp³-hybridized carbons (Fsp3) is 0.421. The van der Waals surface area contributed by atoms with Crippen LogP contribution in [0, 0.1) is 12.8 Å². The molecule has 142 valence electrons. The highest BCUT2D eigenvalue weighted by Crippen LogP contribution is 2.21. The van der Waals surface area contributed by atoms with Crippen LogP contribution in [-0.4, -0.2) is 20.9 Å². The number of benzene rings is 1. The van der Waals surface area contributed by atoms with E-state index in [0.717, 1.165) is 12.0 Å². The molecule has 1 aromatic carbocycles. The molecule has 0 bridgehead atoms. The highest BCUT2D eigenvalue weighted by molar-refractivity contribution is 7.89. The minimum Gasteiger partial charge on any atom is -0.468 e. The van der Waals surface area contributed by atoms with E-state index in [4.69, 9.17) is 4.42 Å². The molecule has 1 amide bonds. The second-order valence-electron chi connectivity index (χ2n) is 6.74. The highest BCUT2D eigenvalue weighted by Gasteiger charge is 2.25. The van der Waals surface area contributed by atoms with Gasteiger partial charge in [-0.05, 0) is 43.5 Å². The second-order valence-corrected chi connectivity index (χ2v) is 8.45. The molecule has 0 saturated carbocycles. The average Bonchev–Trinajstić information content (AvgIpc) is 3.08. The van der Waals surface area contributed by atoms with Gasteiger partial charge in [0, 0.05) is 6.54 Å². The first-order valence-corrected chi connectivity index (χ1v) is 10.2. The minimum atomic E-state index is -3.77. The van der Waals surface area contributed by atoms with Gasteiger partial charge in [-0.15, -0.1) is 0 Å². The molecule has 0 aliphatic carbocycles. The van der Waals surface area contributed by atoms with Gasteiger partial charge in [-0.2, -0.15) is 4.72 Å². The molecular weight excluding hydrogens is 352 g/mol. The van der Waals surface area contributed by atoms with E-state index in [1.165, 1.54) is 6.26 Å². The zero-order valence-corrected chi connectivity index (χ0v) is 16.2. The van der Waals surface area contributed by atoms with E-state index in [1.54, 1.807) is 36.4 Å². The molecule has 0 unspecified atom stereocenters. The number of furan rings is 1. The van der Waals surface area contributed by atoms with Crippen LogP contribution in [0.1, 0.15) is 44.1 Å². The lowest BCUT2D eigenvalue weighted by Gasteiger charge is -2.17. The molecule has 0 radical (unpaired) electrons. The molecule has 2 N–H and O–H groups in total. The van der Waals surface area contributed by atoms with Crippen molar-refractivity contribution in [1.29, 1.82) is 0 Å². The Bertz CT molecular complexity index is 797. The number of amides is 1. The van der Waals surface area contributed by atoms with Gasteiger partial charge in [-0.1, -0.05) is 31.5 Å². The van der Waals surface area contributed by atoms with Gasteiger partial charge in [0.05, 0.1) is 23.6 Å². The molecular formula is C19H26N2O4S. The largest absolute Gasteiger partial charge is 0.468 e. The van der Waals surface area contributed by atoms with E-state index < -0.39 is 16.1 Å². The molecule has 0 fully saturated rings. The molecule has 0 aliphatic heterocycles. The summed E-state index contributed by atoms with van der Waals surface area (Å²) in [4.78, 5) is 12.4. The Morgan fingerprint density at radius 2 is 1.85 bits per heavy atom. The van der Waals surface area contributed by atoms with Crippen molar-refractivity contribution in [3.8, 4) is 0 Å². The van der Waals surface area contributed by atoms with E-state index in [1.807, 2.05) is 6.92 Å². The van der Waals surface area contributed by atoms with Gasteiger partial charge in [0.15, 0.2) is 0 Å². The predicted octanol–water partition coefficient (Wildman–Crippen LogP) is 3.16. The fourth-order valence-electron chi connectivity index (χ4n) is 2.42. The lowest BCUT2D eigenvalue weighted by molar-refractivity contribution is -0.121. The van der Waals surface area contributed by atoms with E-state index >= 15 is 0 Å². The maximum atomic E-state index is 12.6. The third-order valence-corrected chi connectivity index (χ3v) is 5.44. The molecule has 0 spiro atoms. The Labute approximate surface area is 155 Å². The van der Waals surface area contributed by atoms with Gasteiger partial charge in [0.25, 0.3) is 0 Å². The Balaban J connectivity index is 2.10. The van der Waals surface area contributed by atoms with Crippen LogP contribution in [0.5, 0.6) is 0 Å². The summed E-state index contributed by atoms with van der Waals surface area (Å²) in [6.07, 6.45) is 2.29. The summed E-state index contributed by atoms with van der Waals surface area (Å²) in [5.74, 6) is 0.662. The molecule has 1 aromatic heterocycles. The topological polar surface area (TPSA) is 88.4 Å². The zero-order valence-electron chi connectivity index (χ0n) is 15.4. The van der Waals surface area contributed by atoms with Crippen molar-refractivity contribution in [1.82, 2.24) is 10.0 Å². The van der Waals surface area contributed by atoms with Crippen molar-refractivity contribution >= 4 is 15.9 Å². The molecule has 1 atom stereocenters. The third kappa shape index (κ3) is 6.00. The minimum absolute atomic E-state index is 0.0311. The van der Waals surface area contributed by atoms with Crippen LogP contribution in [0.4, 0.5) is 0 Å². The molecule has 0 saturated heterocycles. The quantitative estimate of drug-likeness (QED) is 0.701. The maximum Gasteiger partial charge on any atom is 0.241 e. The van der Waals surface area contributed by atoms with Gasteiger partial charge < -0.3 is 9.73 Å². The third-order valence-electron chi connectivity index (χ3n) is 3.95. The van der Waals surface area contributed by atoms with Crippen molar-refractivity contribution in [2.45, 2.75) is 44.6 Å². The first-order chi connectivity index (χ1) is 12.3. The highest BCUT2D eigenvalue weighted by atomic mass is 32.2. The zero-order chi connectivity index (χ0) is 19.2. The normalized spacial score (nSPS) is 12.9. The first kappa shape index (κ1) is 20.2. The van der Waals surface area contributed by atoms with Crippen LogP contribution in [-0.2, 0) is 14.8 Å². The molecule has 6 nitrogen and oxygen atoms in total. The summed E-state index contributed by atoms with van der Waals surface area (Å²) in [6, 6.07) is 9.10. The van der Waals surface area contributed by atoms with E-state index in [2.05, 4.69) is 23.9 Å². The standard InChI is InChI=1S/C19H26N2O4S/c1-14(2)10-11-20-19(22)13-17(18-5-4-12-25-18)21-26(23,24)16-8-6-15(3)7-9-16/h4-9,12,14,17,21H,10-11,13H2,1-3H3,(H,20,22)/t17-/m1/s1. The van der Waals surface area contributed by atoms with Crippen LogP contribution in [0.2, 0.25) is 0 Å². The number of rotatable bonds is 9. The van der Waals surface area contributed by atoms with Crippen LogP contribution in [0.25, 0.3) is 0 Å². The Kier molecular flexibility index (Phi) is 6.99. The Morgan fingerprint density at radius 3 is 2.42 bits per heavy atom. The summed E-state index contributed by atoms with van der Waals surface area (Å²) < 4.78 is 33.2. The summed E-state index contributed by atoms with van der Waals surface area (Å²) in [5.41, 5.74) is 0.969. The van der Waals surface area contributed by atoms with Crippen LogP contribution in [0.3, 0.4) is 0 Å². The fourth-order valence-corrected chi connectivity index (χ4v) is 3.62. The van der Waals surface area contributed by atoms with E-state index in [0.29, 0.717) is 18.2 Å². The van der Waals surface area contributed by atoms with Crippen molar-refractivity contribution in [2.75, 3.05) is 6.54 Å². The smallest absolute Gasteiger partial charge is 0.241 e. The maximum absolute atomic E-state index is 12.6. The summed E-state index contributed by atoms with van der Waals surface area (Å²) in [7, 11) is -3.77. The lowest BCUT2D eigenvalue weighted by atomic mass is 10.1. The summed E-state index contributed by atoms with van der Waals surface area (Å²) >= 11 is 0. The number of nitrogens with one attached hydrogen (secondary N) is 2. The molecule has 26 heavy (non-hydrogen) atoms. The number of carbonyl (C=O) groups excluding carboxylic acids is 1. The number of sulfonamides is 1. The van der Waals surface area contributed by atoms with Gasteiger partial charge in [0.2, 0.25) is 15.9 Å². The molecule has 7 heteroatoms. The van der Waals surface area contributed by atoms with E-state index in [9.17, 15) is 13.2 Å². The second kappa shape index (κ2) is 9.00. The molecule has 0 aliphatic rings. The summed E-state index contributed by atoms with van der Waals surface area (Å²) in [6.45, 7) is 6.60. The number of hydrogen-bond acceptors (Lipinski definition) is 4. The number of aryl methyl sites for hydroxylation is 1. The SMILES string of the molecule is Cc1ccc(S(=O)(=O)N[C@H](CC(=O)NCCC(C)C)c2ccco2)cc1. The van der Waals surface area contributed by atoms with Crippen molar-refractivity contribution in [3.05, 3.63) is 54.0 Å². The van der Waals surface area contributed by atoms with Crippen LogP contribution < -0.4 is 10.0 Å². The molecule has 2 rings (SSSR count). The molecule has 1 heterocycles.